The van der Waals surface area contributed by atoms with Crippen molar-refractivity contribution in [3.8, 4) is 23.0 Å². The Morgan fingerprint density at radius 1 is 1.05 bits per heavy atom. The van der Waals surface area contributed by atoms with Crippen LogP contribution in [0.3, 0.4) is 0 Å². The molecule has 2 aromatic rings. The fraction of sp³-hybridized carbons (Fsp3) is 0.333. The highest BCUT2D eigenvalue weighted by molar-refractivity contribution is 14.1. The molecular weight excluding hydrogens is 635 g/mol. The molecule has 1 atom stereocenters. The molecule has 1 aliphatic rings. The van der Waals surface area contributed by atoms with E-state index in [9.17, 15) is 14.4 Å². The first kappa shape index (κ1) is 30.5. The highest BCUT2D eigenvalue weighted by Gasteiger charge is 2.32. The number of hydrogen-bond acceptors (Lipinski definition) is 9. The van der Waals surface area contributed by atoms with Gasteiger partial charge in [-0.25, -0.2) is 15.0 Å². The molecule has 0 bridgehead atoms. The minimum Gasteiger partial charge on any atom is -0.493 e. The van der Waals surface area contributed by atoms with Crippen LogP contribution >= 0.6 is 22.6 Å². The summed E-state index contributed by atoms with van der Waals surface area (Å²) in [4.78, 5) is 37.0. The van der Waals surface area contributed by atoms with Crippen LogP contribution in [-0.2, 0) is 14.3 Å². The summed E-state index contributed by atoms with van der Waals surface area (Å²) in [6.07, 6.45) is 1.49. The van der Waals surface area contributed by atoms with E-state index in [4.69, 9.17) is 23.7 Å². The van der Waals surface area contributed by atoms with E-state index in [0.29, 0.717) is 40.7 Å². The van der Waals surface area contributed by atoms with Gasteiger partial charge in [-0.05, 0) is 78.8 Å². The Labute approximate surface area is 245 Å². The van der Waals surface area contributed by atoms with E-state index < -0.39 is 23.9 Å². The van der Waals surface area contributed by atoms with E-state index in [1.165, 1.54) is 13.3 Å². The van der Waals surface area contributed by atoms with E-state index in [0.717, 1.165) is 3.57 Å². The summed E-state index contributed by atoms with van der Waals surface area (Å²) < 4.78 is 28.1. The normalized spacial score (nSPS) is 14.8. The fourth-order valence-electron chi connectivity index (χ4n) is 3.88. The molecule has 3 N–H and O–H groups in total. The molecule has 40 heavy (non-hydrogen) atoms. The van der Waals surface area contributed by atoms with Gasteiger partial charge in [-0.2, -0.15) is 5.10 Å². The van der Waals surface area contributed by atoms with E-state index in [-0.39, 0.29) is 24.5 Å². The monoisotopic (exact) mass is 666 g/mol. The standard InChI is InChI=1S/C27H31IN4O8/c1-6-38-21-11-16(10-18(28)25(21)37-5)13-29-32-22(33)14-40-19-9-8-17(12-20(19)36-4)24-23(26(34)39-7-2)15(3)30-27(35)31-24/h8-13,24H,6-7,14H2,1-5H3,(H,32,33)(H2,30,31,35)/b29-13-/t24-/m0/s1. The summed E-state index contributed by atoms with van der Waals surface area (Å²) in [5.74, 6) is 0.751. The Balaban J connectivity index is 1.68. The lowest BCUT2D eigenvalue weighted by Crippen LogP contribution is -2.45. The maximum Gasteiger partial charge on any atom is 0.338 e. The first-order valence-corrected chi connectivity index (χ1v) is 13.4. The van der Waals surface area contributed by atoms with E-state index in [1.807, 2.05) is 13.0 Å². The van der Waals surface area contributed by atoms with Gasteiger partial charge in [-0.1, -0.05) is 6.07 Å². The molecule has 0 saturated heterocycles. The van der Waals surface area contributed by atoms with Crippen molar-refractivity contribution in [1.29, 1.82) is 0 Å². The van der Waals surface area contributed by atoms with Gasteiger partial charge in [0.1, 0.15) is 0 Å². The third-order valence-corrected chi connectivity index (χ3v) is 6.38. The second kappa shape index (κ2) is 14.4. The summed E-state index contributed by atoms with van der Waals surface area (Å²) >= 11 is 2.13. The molecule has 0 aliphatic carbocycles. The topological polar surface area (TPSA) is 146 Å². The quantitative estimate of drug-likeness (QED) is 0.135. The predicted molar refractivity (Wildman–Crippen MR) is 155 cm³/mol. The minimum atomic E-state index is -0.766. The Bertz CT molecular complexity index is 1330. The zero-order valence-electron chi connectivity index (χ0n) is 22.8. The molecule has 13 heteroatoms. The Morgan fingerprint density at radius 2 is 1.82 bits per heavy atom. The molecule has 0 fully saturated rings. The largest absolute Gasteiger partial charge is 0.493 e. The van der Waals surface area contributed by atoms with Gasteiger partial charge >= 0.3 is 12.0 Å². The van der Waals surface area contributed by atoms with Crippen LogP contribution in [0.15, 0.2) is 46.7 Å². The summed E-state index contributed by atoms with van der Waals surface area (Å²) in [7, 11) is 3.01. The van der Waals surface area contributed by atoms with Gasteiger partial charge in [-0.3, -0.25) is 4.79 Å². The molecule has 0 radical (unpaired) electrons. The molecule has 0 saturated carbocycles. The first-order chi connectivity index (χ1) is 19.2. The minimum absolute atomic E-state index is 0.187. The molecule has 12 nitrogen and oxygen atoms in total. The van der Waals surface area contributed by atoms with Crippen molar-refractivity contribution >= 4 is 46.7 Å². The fourth-order valence-corrected chi connectivity index (χ4v) is 4.73. The summed E-state index contributed by atoms with van der Waals surface area (Å²) in [5, 5.41) is 9.31. The molecule has 0 unspecified atom stereocenters. The summed E-state index contributed by atoms with van der Waals surface area (Å²) in [6, 6.07) is 7.26. The van der Waals surface area contributed by atoms with Gasteiger partial charge in [0.05, 0.1) is 48.8 Å². The zero-order valence-corrected chi connectivity index (χ0v) is 24.9. The lowest BCUT2D eigenvalue weighted by Gasteiger charge is -2.28. The second-order valence-corrected chi connectivity index (χ2v) is 9.41. The van der Waals surface area contributed by atoms with Crippen molar-refractivity contribution in [3.05, 3.63) is 56.3 Å². The van der Waals surface area contributed by atoms with Crippen LogP contribution in [0, 0.1) is 3.57 Å². The van der Waals surface area contributed by atoms with Crippen LogP contribution in [0.1, 0.15) is 37.9 Å². The molecule has 3 amide bonds. The average Bonchev–Trinajstić information content (AvgIpc) is 2.91. The van der Waals surface area contributed by atoms with Gasteiger partial charge in [0.25, 0.3) is 5.91 Å². The van der Waals surface area contributed by atoms with Crippen molar-refractivity contribution in [3.63, 3.8) is 0 Å². The number of rotatable bonds is 12. The molecule has 3 rings (SSSR count). The number of carbonyl (C=O) groups excluding carboxylic acids is 3. The molecule has 0 aromatic heterocycles. The number of ether oxygens (including phenoxy) is 5. The van der Waals surface area contributed by atoms with Crippen LogP contribution < -0.4 is 35.0 Å². The third kappa shape index (κ3) is 7.55. The van der Waals surface area contributed by atoms with Crippen LogP contribution in [0.25, 0.3) is 0 Å². The number of nitrogens with zero attached hydrogens (tertiary/aromatic N) is 1. The predicted octanol–water partition coefficient (Wildman–Crippen LogP) is 3.43. The SMILES string of the molecule is CCOC(=O)C1=C(C)NC(=O)N[C@H]1c1ccc(OCC(=O)N/N=C\c2cc(I)c(OC)c(OCC)c2)c(OC)c1. The van der Waals surface area contributed by atoms with Crippen LogP contribution in [0.2, 0.25) is 0 Å². The number of carbonyl (C=O) groups is 3. The Hall–Kier alpha value is -4.01. The van der Waals surface area contributed by atoms with Crippen molar-refractivity contribution in [2.24, 2.45) is 5.10 Å². The number of nitrogens with one attached hydrogen (secondary N) is 3. The van der Waals surface area contributed by atoms with Crippen LogP contribution in [0.5, 0.6) is 23.0 Å². The maximum absolute atomic E-state index is 12.6. The summed E-state index contributed by atoms with van der Waals surface area (Å²) in [6.45, 7) is 5.52. The molecule has 214 valence electrons. The Kier molecular flexibility index (Phi) is 11.0. The average molecular weight is 666 g/mol. The van der Waals surface area contributed by atoms with E-state index in [1.54, 1.807) is 45.2 Å². The number of hydrazone groups is 1. The number of esters is 1. The lowest BCUT2D eigenvalue weighted by atomic mass is 9.95. The zero-order chi connectivity index (χ0) is 29.2. The number of methoxy groups -OCH3 is 2. The van der Waals surface area contributed by atoms with Crippen molar-refractivity contribution < 1.29 is 38.1 Å². The molecule has 1 aliphatic heterocycles. The van der Waals surface area contributed by atoms with Gasteiger partial charge < -0.3 is 34.3 Å². The van der Waals surface area contributed by atoms with E-state index in [2.05, 4.69) is 43.8 Å². The third-order valence-electron chi connectivity index (χ3n) is 5.58. The number of benzene rings is 2. The number of hydrogen-bond donors (Lipinski definition) is 3. The van der Waals surface area contributed by atoms with Gasteiger partial charge in [0.2, 0.25) is 0 Å². The highest BCUT2D eigenvalue weighted by Crippen LogP contribution is 2.35. The highest BCUT2D eigenvalue weighted by atomic mass is 127. The van der Waals surface area contributed by atoms with Gasteiger partial charge in [-0.15, -0.1) is 0 Å². The van der Waals surface area contributed by atoms with Crippen molar-refractivity contribution in [2.45, 2.75) is 26.8 Å². The van der Waals surface area contributed by atoms with Crippen LogP contribution in [-0.4, -0.2) is 58.2 Å². The molecule has 1 heterocycles. The number of amides is 3. The summed E-state index contributed by atoms with van der Waals surface area (Å²) in [5.41, 5.74) is 4.36. The van der Waals surface area contributed by atoms with Gasteiger partial charge in [0.15, 0.2) is 29.6 Å². The Morgan fingerprint density at radius 3 is 2.50 bits per heavy atom. The second-order valence-electron chi connectivity index (χ2n) is 8.25. The van der Waals surface area contributed by atoms with E-state index >= 15 is 0 Å². The van der Waals surface area contributed by atoms with Crippen LogP contribution in [0.4, 0.5) is 4.79 Å². The molecular formula is C27H31IN4O8. The van der Waals surface area contributed by atoms with Gasteiger partial charge in [0, 0.05) is 5.70 Å². The molecule has 0 spiro atoms. The van der Waals surface area contributed by atoms with Crippen molar-refractivity contribution in [2.75, 3.05) is 34.0 Å². The number of urea groups is 1. The smallest absolute Gasteiger partial charge is 0.338 e. The maximum atomic E-state index is 12.6. The number of halogens is 1. The first-order valence-electron chi connectivity index (χ1n) is 12.3. The molecule has 2 aromatic carbocycles. The van der Waals surface area contributed by atoms with Crippen molar-refractivity contribution in [1.82, 2.24) is 16.1 Å². The number of allylic oxidation sites excluding steroid dienone is 1. The lowest BCUT2D eigenvalue weighted by molar-refractivity contribution is -0.139.